The molecule has 6 nitrogen and oxygen atoms in total. The van der Waals surface area contributed by atoms with Gasteiger partial charge in [0.1, 0.15) is 19.0 Å². The Balaban J connectivity index is 1.91. The molecule has 0 saturated heterocycles. The average Bonchev–Trinajstić information content (AvgIpc) is 2.54. The molecule has 0 aliphatic carbocycles. The highest BCUT2D eigenvalue weighted by Gasteiger charge is 2.15. The summed E-state index contributed by atoms with van der Waals surface area (Å²) in [5.41, 5.74) is 0. The summed E-state index contributed by atoms with van der Waals surface area (Å²) in [5, 5.41) is 5.26. The van der Waals surface area contributed by atoms with Crippen molar-refractivity contribution in [2.24, 2.45) is 0 Å². The monoisotopic (exact) mass is 290 g/mol. The van der Waals surface area contributed by atoms with E-state index in [1.165, 1.54) is 0 Å². The van der Waals surface area contributed by atoms with Crippen molar-refractivity contribution in [3.05, 3.63) is 24.4 Å². The summed E-state index contributed by atoms with van der Waals surface area (Å²) in [6.07, 6.45) is 1.44. The van der Waals surface area contributed by atoms with Crippen molar-refractivity contribution in [2.45, 2.75) is 6.29 Å². The molecule has 0 saturated carbocycles. The van der Waals surface area contributed by atoms with E-state index < -0.39 is 0 Å². The van der Waals surface area contributed by atoms with Crippen molar-refractivity contribution in [1.29, 1.82) is 0 Å². The molecule has 1 N–H and O–H groups in total. The van der Waals surface area contributed by atoms with Gasteiger partial charge in [-0.2, -0.15) is 0 Å². The maximum atomic E-state index is 5.62. The maximum Gasteiger partial charge on any atom is 0.173 e. The maximum absolute atomic E-state index is 5.62. The fourth-order valence-corrected chi connectivity index (χ4v) is 2.29. The number of nitrogens with zero attached hydrogens (tertiary/aromatic N) is 1. The highest BCUT2D eigenvalue weighted by atomic mass is 16.7. The summed E-state index contributed by atoms with van der Waals surface area (Å²) in [6, 6.07) is 5.87. The van der Waals surface area contributed by atoms with Gasteiger partial charge in [0, 0.05) is 25.8 Å². The molecule has 1 aliphatic heterocycles. The quantitative estimate of drug-likeness (QED) is 0.850. The number of fused-ring (bicyclic) bond motifs is 2. The number of methoxy groups -OCH3 is 2. The number of ether oxygens (including phenoxy) is 4. The van der Waals surface area contributed by atoms with Crippen LogP contribution in [-0.4, -0.2) is 45.3 Å². The van der Waals surface area contributed by atoms with Gasteiger partial charge in [0.05, 0.1) is 6.54 Å². The van der Waals surface area contributed by atoms with E-state index in [9.17, 15) is 0 Å². The second kappa shape index (κ2) is 6.15. The molecule has 0 unspecified atom stereocenters. The van der Waals surface area contributed by atoms with Crippen LogP contribution in [0.5, 0.6) is 11.5 Å². The molecule has 0 atom stereocenters. The average molecular weight is 290 g/mol. The first-order valence-corrected chi connectivity index (χ1v) is 6.79. The lowest BCUT2D eigenvalue weighted by molar-refractivity contribution is -0.0914. The van der Waals surface area contributed by atoms with E-state index in [0.717, 1.165) is 28.1 Å². The second-order valence-electron chi connectivity index (χ2n) is 4.66. The highest BCUT2D eigenvalue weighted by Crippen LogP contribution is 2.36. The molecular weight excluding hydrogens is 272 g/mol. The van der Waals surface area contributed by atoms with Crippen LogP contribution in [0.25, 0.3) is 10.8 Å². The van der Waals surface area contributed by atoms with E-state index in [1.54, 1.807) is 20.4 Å². The lowest BCUT2D eigenvalue weighted by Crippen LogP contribution is -2.24. The van der Waals surface area contributed by atoms with Crippen molar-refractivity contribution in [1.82, 2.24) is 4.98 Å². The van der Waals surface area contributed by atoms with E-state index in [0.29, 0.717) is 19.8 Å². The van der Waals surface area contributed by atoms with Gasteiger partial charge < -0.3 is 24.3 Å². The van der Waals surface area contributed by atoms with Crippen LogP contribution in [0.2, 0.25) is 0 Å². The topological polar surface area (TPSA) is 61.8 Å². The number of aromatic nitrogens is 1. The molecule has 3 rings (SSSR count). The zero-order valence-electron chi connectivity index (χ0n) is 12.1. The largest absolute Gasteiger partial charge is 0.486 e. The van der Waals surface area contributed by atoms with Gasteiger partial charge in [-0.15, -0.1) is 0 Å². The SMILES string of the molecule is COC(CNc1nccc2cc3c(cc12)OCCO3)OC. The summed E-state index contributed by atoms with van der Waals surface area (Å²) >= 11 is 0. The molecule has 112 valence electrons. The van der Waals surface area contributed by atoms with Gasteiger partial charge in [-0.3, -0.25) is 0 Å². The smallest absolute Gasteiger partial charge is 0.173 e. The van der Waals surface area contributed by atoms with Crippen LogP contribution in [0, 0.1) is 0 Å². The van der Waals surface area contributed by atoms with Crippen molar-refractivity contribution in [2.75, 3.05) is 39.3 Å². The Morgan fingerprint density at radius 1 is 1.19 bits per heavy atom. The predicted octanol–water partition coefficient (Wildman–Crippen LogP) is 2.04. The third-order valence-electron chi connectivity index (χ3n) is 3.39. The van der Waals surface area contributed by atoms with E-state index in [4.69, 9.17) is 18.9 Å². The Kier molecular flexibility index (Phi) is 4.08. The number of nitrogens with one attached hydrogen (secondary N) is 1. The van der Waals surface area contributed by atoms with E-state index in [2.05, 4.69) is 10.3 Å². The highest BCUT2D eigenvalue weighted by molar-refractivity contribution is 5.94. The molecule has 0 spiro atoms. The van der Waals surface area contributed by atoms with Crippen LogP contribution in [0.3, 0.4) is 0 Å². The van der Waals surface area contributed by atoms with Gasteiger partial charge in [0.2, 0.25) is 0 Å². The van der Waals surface area contributed by atoms with Crippen LogP contribution in [0.1, 0.15) is 0 Å². The Bertz CT molecular complexity index is 628. The predicted molar refractivity (Wildman–Crippen MR) is 79.0 cm³/mol. The standard InChI is InChI=1S/C15H18N2O4/c1-18-14(19-2)9-17-15-11-8-13-12(20-5-6-21-13)7-10(11)3-4-16-15/h3-4,7-8,14H,5-6,9H2,1-2H3,(H,16,17). The molecular formula is C15H18N2O4. The Morgan fingerprint density at radius 2 is 1.90 bits per heavy atom. The van der Waals surface area contributed by atoms with Crippen LogP contribution in [0.4, 0.5) is 5.82 Å². The van der Waals surface area contributed by atoms with Gasteiger partial charge in [-0.25, -0.2) is 4.98 Å². The van der Waals surface area contributed by atoms with Gasteiger partial charge in [-0.1, -0.05) is 0 Å². The molecule has 0 bridgehead atoms. The first-order valence-electron chi connectivity index (χ1n) is 6.79. The summed E-state index contributed by atoms with van der Waals surface area (Å²) in [6.45, 7) is 1.66. The number of hydrogen-bond acceptors (Lipinski definition) is 6. The molecule has 6 heteroatoms. The van der Waals surface area contributed by atoms with Crippen LogP contribution >= 0.6 is 0 Å². The molecule has 1 aromatic heterocycles. The minimum absolute atomic E-state index is 0.320. The Hall–Kier alpha value is -2.05. The normalized spacial score (nSPS) is 13.7. The number of hydrogen-bond donors (Lipinski definition) is 1. The molecule has 2 heterocycles. The number of rotatable bonds is 5. The lowest BCUT2D eigenvalue weighted by Gasteiger charge is -2.20. The second-order valence-corrected chi connectivity index (χ2v) is 4.66. The molecule has 0 radical (unpaired) electrons. The lowest BCUT2D eigenvalue weighted by atomic mass is 10.1. The number of benzene rings is 1. The van der Waals surface area contributed by atoms with Crippen molar-refractivity contribution < 1.29 is 18.9 Å². The van der Waals surface area contributed by atoms with Gasteiger partial charge in [0.15, 0.2) is 17.8 Å². The van der Waals surface area contributed by atoms with Gasteiger partial charge in [-0.05, 0) is 23.6 Å². The first-order chi connectivity index (χ1) is 10.3. The molecule has 0 amide bonds. The Morgan fingerprint density at radius 3 is 2.62 bits per heavy atom. The Labute approximate surface area is 123 Å². The first kappa shape index (κ1) is 13.9. The summed E-state index contributed by atoms with van der Waals surface area (Å²) in [7, 11) is 3.21. The van der Waals surface area contributed by atoms with Gasteiger partial charge >= 0.3 is 0 Å². The minimum Gasteiger partial charge on any atom is -0.486 e. The van der Waals surface area contributed by atoms with Gasteiger partial charge in [0.25, 0.3) is 0 Å². The van der Waals surface area contributed by atoms with E-state index >= 15 is 0 Å². The number of anilines is 1. The van der Waals surface area contributed by atoms with Crippen LogP contribution < -0.4 is 14.8 Å². The fourth-order valence-electron chi connectivity index (χ4n) is 2.29. The third kappa shape index (κ3) is 2.86. The molecule has 1 aliphatic rings. The van der Waals surface area contributed by atoms with Crippen molar-refractivity contribution in [3.63, 3.8) is 0 Å². The van der Waals surface area contributed by atoms with Crippen LogP contribution in [0.15, 0.2) is 24.4 Å². The molecule has 2 aromatic rings. The van der Waals surface area contributed by atoms with E-state index in [-0.39, 0.29) is 6.29 Å². The third-order valence-corrected chi connectivity index (χ3v) is 3.39. The summed E-state index contributed by atoms with van der Waals surface area (Å²) < 4.78 is 21.6. The van der Waals surface area contributed by atoms with Crippen molar-refractivity contribution >= 4 is 16.6 Å². The summed E-state index contributed by atoms with van der Waals surface area (Å²) in [5.74, 6) is 2.29. The minimum atomic E-state index is -0.320. The molecule has 0 fully saturated rings. The van der Waals surface area contributed by atoms with Crippen LogP contribution in [-0.2, 0) is 9.47 Å². The van der Waals surface area contributed by atoms with E-state index in [1.807, 2.05) is 18.2 Å². The molecule has 21 heavy (non-hydrogen) atoms. The zero-order valence-corrected chi connectivity index (χ0v) is 12.1. The number of pyridine rings is 1. The molecule has 1 aromatic carbocycles. The zero-order chi connectivity index (χ0) is 14.7. The fraction of sp³-hybridized carbons (Fsp3) is 0.400. The van der Waals surface area contributed by atoms with Crippen molar-refractivity contribution in [3.8, 4) is 11.5 Å². The summed E-state index contributed by atoms with van der Waals surface area (Å²) in [4.78, 5) is 4.38.